The largest absolute Gasteiger partial charge is 0.452 e. The monoisotopic (exact) mass is 419 g/mol. The summed E-state index contributed by atoms with van der Waals surface area (Å²) < 4.78 is 6.91. The second kappa shape index (κ2) is 9.55. The smallest absolute Gasteiger partial charge is 0.338 e. The van der Waals surface area contributed by atoms with Gasteiger partial charge in [-0.1, -0.05) is 43.2 Å². The molecule has 160 valence electrons. The number of amides is 1. The van der Waals surface area contributed by atoms with Gasteiger partial charge in [0.05, 0.1) is 16.5 Å². The lowest BCUT2D eigenvalue weighted by molar-refractivity contribution is -0.124. The van der Waals surface area contributed by atoms with Gasteiger partial charge in [0.15, 0.2) is 6.61 Å². The fraction of sp³-hybridized carbons (Fsp3) is 0.333. The van der Waals surface area contributed by atoms with Crippen LogP contribution >= 0.6 is 0 Å². The maximum Gasteiger partial charge on any atom is 0.338 e. The van der Waals surface area contributed by atoms with Crippen LogP contribution in [0.1, 0.15) is 47.4 Å². The number of benzene rings is 2. The molecule has 0 saturated carbocycles. The first-order valence-electron chi connectivity index (χ1n) is 10.6. The molecule has 1 aromatic heterocycles. The summed E-state index contributed by atoms with van der Waals surface area (Å²) in [7, 11) is 0. The van der Waals surface area contributed by atoms with Crippen molar-refractivity contribution in [2.24, 2.45) is 0 Å². The summed E-state index contributed by atoms with van der Waals surface area (Å²) in [5.74, 6) is -0.232. The number of fused-ring (bicyclic) bond motifs is 2. The Labute approximate surface area is 180 Å². The Hall–Kier alpha value is -3.48. The average molecular weight is 419 g/mol. The summed E-state index contributed by atoms with van der Waals surface area (Å²) >= 11 is 0. The van der Waals surface area contributed by atoms with Gasteiger partial charge in [0.1, 0.15) is 5.82 Å². The molecule has 2 heterocycles. The second-order valence-electron chi connectivity index (χ2n) is 7.72. The molecule has 0 bridgehead atoms. The third-order valence-electron chi connectivity index (χ3n) is 5.47. The Morgan fingerprint density at radius 1 is 1.03 bits per heavy atom. The van der Waals surface area contributed by atoms with Crippen molar-refractivity contribution in [2.75, 3.05) is 6.61 Å². The quantitative estimate of drug-likeness (QED) is 0.642. The van der Waals surface area contributed by atoms with E-state index in [1.165, 1.54) is 0 Å². The minimum Gasteiger partial charge on any atom is -0.452 e. The zero-order chi connectivity index (χ0) is 21.6. The molecule has 7 heteroatoms. The lowest BCUT2D eigenvalue weighted by Gasteiger charge is -2.16. The molecule has 7 nitrogen and oxygen atoms in total. The van der Waals surface area contributed by atoms with Crippen LogP contribution in [0.2, 0.25) is 0 Å². The predicted octanol–water partition coefficient (Wildman–Crippen LogP) is 2.99. The number of aryl methyl sites for hydroxylation is 1. The topological polar surface area (TPSA) is 90.3 Å². The van der Waals surface area contributed by atoms with Gasteiger partial charge in [-0.05, 0) is 36.6 Å². The molecule has 1 N–H and O–H groups in total. The molecule has 31 heavy (non-hydrogen) atoms. The van der Waals surface area contributed by atoms with Crippen molar-refractivity contribution in [3.05, 3.63) is 75.8 Å². The zero-order valence-electron chi connectivity index (χ0n) is 17.3. The van der Waals surface area contributed by atoms with E-state index in [4.69, 9.17) is 4.74 Å². The molecule has 0 fully saturated rings. The van der Waals surface area contributed by atoms with Crippen LogP contribution < -0.4 is 10.9 Å². The number of hydrogen-bond acceptors (Lipinski definition) is 5. The standard InChI is InChI=1S/C24H25N3O4/c28-22(25-15-17-8-4-3-5-9-17)16-31-24(30)18-11-12-19-20(14-18)26-21-10-6-1-2-7-13-27(21)23(19)29/h3-5,8-9,11-12,14H,1-2,6-7,10,13,15-16H2,(H,25,28). The van der Waals surface area contributed by atoms with Gasteiger partial charge in [0.2, 0.25) is 0 Å². The highest BCUT2D eigenvalue weighted by Gasteiger charge is 2.16. The molecule has 1 aliphatic heterocycles. The zero-order valence-corrected chi connectivity index (χ0v) is 17.3. The molecule has 0 radical (unpaired) electrons. The number of carbonyl (C=O) groups excluding carboxylic acids is 2. The molecule has 4 rings (SSSR count). The summed E-state index contributed by atoms with van der Waals surface area (Å²) in [4.78, 5) is 41.9. The van der Waals surface area contributed by atoms with Crippen LogP contribution in [0.3, 0.4) is 0 Å². The van der Waals surface area contributed by atoms with E-state index in [9.17, 15) is 14.4 Å². The Morgan fingerprint density at radius 2 is 1.84 bits per heavy atom. The van der Waals surface area contributed by atoms with Gasteiger partial charge in [-0.15, -0.1) is 0 Å². The van der Waals surface area contributed by atoms with E-state index in [0.29, 0.717) is 24.0 Å². The van der Waals surface area contributed by atoms with Crippen molar-refractivity contribution >= 4 is 22.8 Å². The van der Waals surface area contributed by atoms with Gasteiger partial charge in [0.25, 0.3) is 11.5 Å². The molecule has 0 unspecified atom stereocenters. The van der Waals surface area contributed by atoms with Crippen molar-refractivity contribution in [1.29, 1.82) is 0 Å². The number of rotatable bonds is 5. The molecule has 2 aromatic carbocycles. The summed E-state index contributed by atoms with van der Waals surface area (Å²) in [6, 6.07) is 14.2. The van der Waals surface area contributed by atoms with E-state index >= 15 is 0 Å². The summed E-state index contributed by atoms with van der Waals surface area (Å²) in [5.41, 5.74) is 1.65. The Balaban J connectivity index is 1.44. The average Bonchev–Trinajstić information content (AvgIpc) is 2.77. The van der Waals surface area contributed by atoms with E-state index in [1.54, 1.807) is 22.8 Å². The maximum absolute atomic E-state index is 12.9. The molecule has 0 saturated heterocycles. The third kappa shape index (κ3) is 4.99. The van der Waals surface area contributed by atoms with Crippen molar-refractivity contribution in [3.63, 3.8) is 0 Å². The summed E-state index contributed by atoms with van der Waals surface area (Å²) in [5, 5.41) is 3.20. The fourth-order valence-corrected chi connectivity index (χ4v) is 3.78. The van der Waals surface area contributed by atoms with E-state index in [-0.39, 0.29) is 23.6 Å². The van der Waals surface area contributed by atoms with Crippen molar-refractivity contribution < 1.29 is 14.3 Å². The molecular formula is C24H25N3O4. The number of ether oxygens (including phenoxy) is 1. The molecule has 1 amide bonds. The Kier molecular flexibility index (Phi) is 6.40. The number of carbonyl (C=O) groups is 2. The molecule has 3 aromatic rings. The van der Waals surface area contributed by atoms with E-state index < -0.39 is 5.97 Å². The van der Waals surface area contributed by atoms with Gasteiger partial charge in [-0.3, -0.25) is 14.2 Å². The summed E-state index contributed by atoms with van der Waals surface area (Å²) in [6.07, 6.45) is 4.97. The van der Waals surface area contributed by atoms with E-state index in [2.05, 4.69) is 10.3 Å². The summed E-state index contributed by atoms with van der Waals surface area (Å²) in [6.45, 7) is 0.676. The van der Waals surface area contributed by atoms with Crippen molar-refractivity contribution in [1.82, 2.24) is 14.9 Å². The van der Waals surface area contributed by atoms with E-state index in [1.807, 2.05) is 30.3 Å². The number of esters is 1. The minimum absolute atomic E-state index is 0.0675. The van der Waals surface area contributed by atoms with Crippen LogP contribution in [0.25, 0.3) is 10.9 Å². The predicted molar refractivity (Wildman–Crippen MR) is 117 cm³/mol. The molecule has 1 aliphatic rings. The number of hydrogen-bond donors (Lipinski definition) is 1. The lowest BCUT2D eigenvalue weighted by Crippen LogP contribution is -2.28. The van der Waals surface area contributed by atoms with Gasteiger partial charge in [-0.2, -0.15) is 0 Å². The van der Waals surface area contributed by atoms with Gasteiger partial charge >= 0.3 is 5.97 Å². The van der Waals surface area contributed by atoms with Crippen LogP contribution in [0.4, 0.5) is 0 Å². The van der Waals surface area contributed by atoms with Crippen LogP contribution in [0.5, 0.6) is 0 Å². The van der Waals surface area contributed by atoms with Crippen LogP contribution in [0.15, 0.2) is 53.3 Å². The maximum atomic E-state index is 12.9. The highest BCUT2D eigenvalue weighted by molar-refractivity contribution is 5.95. The normalized spacial score (nSPS) is 13.7. The lowest BCUT2D eigenvalue weighted by atomic mass is 10.1. The number of nitrogens with zero attached hydrogens (tertiary/aromatic N) is 2. The van der Waals surface area contributed by atoms with Crippen molar-refractivity contribution in [2.45, 2.75) is 45.2 Å². The number of aromatic nitrogens is 2. The first-order valence-corrected chi connectivity index (χ1v) is 10.6. The first kappa shape index (κ1) is 20.8. The molecular weight excluding hydrogens is 394 g/mol. The highest BCUT2D eigenvalue weighted by Crippen LogP contribution is 2.17. The number of nitrogens with one attached hydrogen (secondary N) is 1. The highest BCUT2D eigenvalue weighted by atomic mass is 16.5. The Morgan fingerprint density at radius 3 is 2.68 bits per heavy atom. The van der Waals surface area contributed by atoms with Crippen LogP contribution in [-0.2, 0) is 29.0 Å². The van der Waals surface area contributed by atoms with E-state index in [0.717, 1.165) is 43.5 Å². The Bertz CT molecular complexity index is 1150. The van der Waals surface area contributed by atoms with Crippen molar-refractivity contribution in [3.8, 4) is 0 Å². The third-order valence-corrected chi connectivity index (χ3v) is 5.47. The van der Waals surface area contributed by atoms with Gasteiger partial charge in [0, 0.05) is 19.5 Å². The second-order valence-corrected chi connectivity index (χ2v) is 7.72. The first-order chi connectivity index (χ1) is 15.1. The molecule has 0 spiro atoms. The molecule has 0 atom stereocenters. The van der Waals surface area contributed by atoms with Crippen LogP contribution in [-0.4, -0.2) is 28.0 Å². The van der Waals surface area contributed by atoms with Gasteiger partial charge in [-0.25, -0.2) is 9.78 Å². The van der Waals surface area contributed by atoms with Gasteiger partial charge < -0.3 is 10.1 Å². The SMILES string of the molecule is O=C(COC(=O)c1ccc2c(=O)n3c(nc2c1)CCCCCC3)NCc1ccccc1. The molecule has 0 aliphatic carbocycles. The fourth-order valence-electron chi connectivity index (χ4n) is 3.78. The van der Waals surface area contributed by atoms with Crippen LogP contribution in [0, 0.1) is 0 Å². The minimum atomic E-state index is -0.620.